The van der Waals surface area contributed by atoms with Crippen molar-refractivity contribution in [2.75, 3.05) is 13.6 Å². The second kappa shape index (κ2) is 5.09. The van der Waals surface area contributed by atoms with Gasteiger partial charge in [-0.1, -0.05) is 11.6 Å². The standard InChI is InChI=1S/C10H13ClN2O2/c1-7(14)6-13(2)10(15)8-3-4-12-9(11)5-8/h3-5,7,14H,6H2,1-2H3. The summed E-state index contributed by atoms with van der Waals surface area (Å²) >= 11 is 5.67. The predicted molar refractivity (Wildman–Crippen MR) is 57.9 cm³/mol. The van der Waals surface area contributed by atoms with Crippen molar-refractivity contribution in [3.8, 4) is 0 Å². The van der Waals surface area contributed by atoms with Crippen LogP contribution in [0.4, 0.5) is 0 Å². The number of hydrogen-bond acceptors (Lipinski definition) is 3. The van der Waals surface area contributed by atoms with E-state index >= 15 is 0 Å². The third-order valence-electron chi connectivity index (χ3n) is 1.86. The summed E-state index contributed by atoms with van der Waals surface area (Å²) in [6.45, 7) is 1.92. The Hall–Kier alpha value is -1.13. The van der Waals surface area contributed by atoms with Crippen LogP contribution < -0.4 is 0 Å². The van der Waals surface area contributed by atoms with Crippen LogP contribution in [0.5, 0.6) is 0 Å². The maximum absolute atomic E-state index is 11.8. The first-order chi connectivity index (χ1) is 7.00. The zero-order valence-corrected chi connectivity index (χ0v) is 9.40. The fourth-order valence-corrected chi connectivity index (χ4v) is 1.41. The molecule has 1 aromatic rings. The highest BCUT2D eigenvalue weighted by molar-refractivity contribution is 6.29. The Kier molecular flexibility index (Phi) is 4.05. The van der Waals surface area contributed by atoms with E-state index in [0.717, 1.165) is 0 Å². The van der Waals surface area contributed by atoms with E-state index in [0.29, 0.717) is 12.1 Å². The van der Waals surface area contributed by atoms with Crippen LogP contribution in [0.15, 0.2) is 18.3 Å². The molecule has 5 heteroatoms. The highest BCUT2D eigenvalue weighted by Crippen LogP contribution is 2.09. The number of aromatic nitrogens is 1. The van der Waals surface area contributed by atoms with Crippen LogP contribution in [0, 0.1) is 0 Å². The van der Waals surface area contributed by atoms with Crippen LogP contribution in [0.3, 0.4) is 0 Å². The van der Waals surface area contributed by atoms with Gasteiger partial charge in [0.2, 0.25) is 0 Å². The number of nitrogens with zero attached hydrogens (tertiary/aromatic N) is 2. The van der Waals surface area contributed by atoms with E-state index < -0.39 is 6.10 Å². The minimum Gasteiger partial charge on any atom is -0.392 e. The molecule has 0 radical (unpaired) electrons. The summed E-state index contributed by atoms with van der Waals surface area (Å²) < 4.78 is 0. The molecule has 0 fully saturated rings. The fraction of sp³-hybridized carbons (Fsp3) is 0.400. The lowest BCUT2D eigenvalue weighted by atomic mass is 10.2. The Morgan fingerprint density at radius 3 is 2.93 bits per heavy atom. The quantitative estimate of drug-likeness (QED) is 0.791. The molecule has 15 heavy (non-hydrogen) atoms. The molecule has 1 N–H and O–H groups in total. The summed E-state index contributed by atoms with van der Waals surface area (Å²) in [4.78, 5) is 17.0. The van der Waals surface area contributed by atoms with Gasteiger partial charge in [-0.25, -0.2) is 4.98 Å². The summed E-state index contributed by atoms with van der Waals surface area (Å²) in [6, 6.07) is 3.09. The highest BCUT2D eigenvalue weighted by Gasteiger charge is 2.13. The number of hydrogen-bond donors (Lipinski definition) is 1. The number of carbonyl (C=O) groups is 1. The van der Waals surface area contributed by atoms with Gasteiger partial charge in [0, 0.05) is 25.4 Å². The summed E-state index contributed by atoms with van der Waals surface area (Å²) in [7, 11) is 1.63. The van der Waals surface area contributed by atoms with Gasteiger partial charge in [0.15, 0.2) is 0 Å². The van der Waals surface area contributed by atoms with Gasteiger partial charge in [-0.15, -0.1) is 0 Å². The molecule has 1 amide bonds. The van der Waals surface area contributed by atoms with Crippen LogP contribution in [-0.4, -0.2) is 40.6 Å². The van der Waals surface area contributed by atoms with Gasteiger partial charge in [0.05, 0.1) is 6.10 Å². The summed E-state index contributed by atoms with van der Waals surface area (Å²) in [5.74, 6) is -0.180. The van der Waals surface area contributed by atoms with E-state index in [2.05, 4.69) is 4.98 Å². The van der Waals surface area contributed by atoms with Crippen LogP contribution in [0.25, 0.3) is 0 Å². The predicted octanol–water partition coefficient (Wildman–Crippen LogP) is 1.19. The van der Waals surface area contributed by atoms with Gasteiger partial charge >= 0.3 is 0 Å². The lowest BCUT2D eigenvalue weighted by molar-refractivity contribution is 0.0703. The molecule has 0 spiro atoms. The topological polar surface area (TPSA) is 53.4 Å². The first-order valence-corrected chi connectivity index (χ1v) is 4.93. The summed E-state index contributed by atoms with van der Waals surface area (Å²) in [5, 5.41) is 9.42. The molecular formula is C10H13ClN2O2. The number of aliphatic hydroxyl groups excluding tert-OH is 1. The van der Waals surface area contributed by atoms with Crippen LogP contribution in [-0.2, 0) is 0 Å². The molecule has 1 rings (SSSR count). The van der Waals surface area contributed by atoms with Gasteiger partial charge < -0.3 is 10.0 Å². The minimum atomic E-state index is -0.545. The second-order valence-electron chi connectivity index (χ2n) is 3.40. The second-order valence-corrected chi connectivity index (χ2v) is 3.79. The molecule has 1 aromatic heterocycles. The lowest BCUT2D eigenvalue weighted by Gasteiger charge is -2.18. The fourth-order valence-electron chi connectivity index (χ4n) is 1.24. The summed E-state index contributed by atoms with van der Waals surface area (Å²) in [5.41, 5.74) is 0.471. The molecular weight excluding hydrogens is 216 g/mol. The van der Waals surface area contributed by atoms with Crippen molar-refractivity contribution in [1.29, 1.82) is 0 Å². The minimum absolute atomic E-state index is 0.180. The number of likely N-dealkylation sites (N-methyl/N-ethyl adjacent to an activating group) is 1. The van der Waals surface area contributed by atoms with Crippen LogP contribution in [0.1, 0.15) is 17.3 Å². The van der Waals surface area contributed by atoms with Gasteiger partial charge in [-0.2, -0.15) is 0 Å². The van der Waals surface area contributed by atoms with Crippen molar-refractivity contribution in [3.05, 3.63) is 29.0 Å². The Balaban J connectivity index is 2.76. The van der Waals surface area contributed by atoms with Crippen molar-refractivity contribution in [2.45, 2.75) is 13.0 Å². The Morgan fingerprint density at radius 2 is 2.40 bits per heavy atom. The first-order valence-electron chi connectivity index (χ1n) is 4.56. The van der Waals surface area contributed by atoms with E-state index in [1.165, 1.54) is 17.2 Å². The molecule has 0 saturated heterocycles. The van der Waals surface area contributed by atoms with Crippen molar-refractivity contribution in [2.24, 2.45) is 0 Å². The normalized spacial score (nSPS) is 12.3. The van der Waals surface area contributed by atoms with Crippen molar-refractivity contribution < 1.29 is 9.90 Å². The Morgan fingerprint density at radius 1 is 1.73 bits per heavy atom. The van der Waals surface area contributed by atoms with E-state index in [1.54, 1.807) is 20.0 Å². The lowest BCUT2D eigenvalue weighted by Crippen LogP contribution is -2.33. The van der Waals surface area contributed by atoms with Gasteiger partial charge in [0.25, 0.3) is 5.91 Å². The first kappa shape index (κ1) is 11.9. The SMILES string of the molecule is CC(O)CN(C)C(=O)c1ccnc(Cl)c1. The molecule has 0 aromatic carbocycles. The maximum Gasteiger partial charge on any atom is 0.253 e. The molecule has 0 aliphatic rings. The number of carbonyl (C=O) groups excluding carboxylic acids is 1. The number of halogens is 1. The van der Waals surface area contributed by atoms with Crippen LogP contribution >= 0.6 is 11.6 Å². The largest absolute Gasteiger partial charge is 0.392 e. The number of pyridine rings is 1. The number of aliphatic hydroxyl groups is 1. The number of amides is 1. The zero-order valence-electron chi connectivity index (χ0n) is 8.64. The highest BCUT2D eigenvalue weighted by atomic mass is 35.5. The van der Waals surface area contributed by atoms with Crippen molar-refractivity contribution in [3.63, 3.8) is 0 Å². The maximum atomic E-state index is 11.8. The van der Waals surface area contributed by atoms with Gasteiger partial charge in [-0.05, 0) is 19.1 Å². The Labute approximate surface area is 93.5 Å². The molecule has 0 aliphatic heterocycles. The average Bonchev–Trinajstić information content (AvgIpc) is 2.15. The number of rotatable bonds is 3. The zero-order chi connectivity index (χ0) is 11.4. The molecule has 82 valence electrons. The van der Waals surface area contributed by atoms with Crippen LogP contribution in [0.2, 0.25) is 5.15 Å². The van der Waals surface area contributed by atoms with Gasteiger partial charge in [-0.3, -0.25) is 4.79 Å². The molecule has 0 bridgehead atoms. The summed E-state index contributed by atoms with van der Waals surface area (Å²) in [6.07, 6.45) is 0.933. The monoisotopic (exact) mass is 228 g/mol. The third kappa shape index (κ3) is 3.49. The molecule has 0 saturated carbocycles. The van der Waals surface area contributed by atoms with Gasteiger partial charge in [0.1, 0.15) is 5.15 Å². The molecule has 1 unspecified atom stereocenters. The van der Waals surface area contributed by atoms with E-state index in [1.807, 2.05) is 0 Å². The average molecular weight is 229 g/mol. The molecule has 1 heterocycles. The van der Waals surface area contributed by atoms with Crippen molar-refractivity contribution >= 4 is 17.5 Å². The molecule has 1 atom stereocenters. The van der Waals surface area contributed by atoms with E-state index in [9.17, 15) is 4.79 Å². The molecule has 4 nitrogen and oxygen atoms in total. The third-order valence-corrected chi connectivity index (χ3v) is 2.06. The molecule has 0 aliphatic carbocycles. The van der Waals surface area contributed by atoms with Crippen molar-refractivity contribution in [1.82, 2.24) is 9.88 Å². The Bertz CT molecular complexity index is 355. The smallest absolute Gasteiger partial charge is 0.253 e. The van der Waals surface area contributed by atoms with E-state index in [-0.39, 0.29) is 11.1 Å². The van der Waals surface area contributed by atoms with E-state index in [4.69, 9.17) is 16.7 Å².